The van der Waals surface area contributed by atoms with Gasteiger partial charge in [0.2, 0.25) is 0 Å². The van der Waals surface area contributed by atoms with Crippen LogP contribution in [0, 0.1) is 6.92 Å². The summed E-state index contributed by atoms with van der Waals surface area (Å²) < 4.78 is 8.34. The van der Waals surface area contributed by atoms with Crippen LogP contribution in [0.1, 0.15) is 11.1 Å². The first-order chi connectivity index (χ1) is 9.92. The number of hydrogen-bond donors (Lipinski definition) is 1. The minimum Gasteiger partial charge on any atom is -0.495 e. The molecule has 0 unspecified atom stereocenters. The molecule has 0 aliphatic rings. The molecule has 0 spiro atoms. The van der Waals surface area contributed by atoms with Gasteiger partial charge >= 0.3 is 0 Å². The second-order valence-corrected chi connectivity index (χ2v) is 7.55. The van der Waals surface area contributed by atoms with Gasteiger partial charge in [-0.15, -0.1) is 0 Å². The zero-order valence-electron chi connectivity index (χ0n) is 11.4. The van der Waals surface area contributed by atoms with Gasteiger partial charge in [0.1, 0.15) is 5.75 Å². The van der Waals surface area contributed by atoms with E-state index in [1.807, 2.05) is 31.2 Å². The fraction of sp³-hybridized carbons (Fsp3) is 0.200. The minimum absolute atomic E-state index is 0.624. The molecule has 0 saturated heterocycles. The lowest BCUT2D eigenvalue weighted by Gasteiger charge is -2.14. The van der Waals surface area contributed by atoms with Gasteiger partial charge in [0.25, 0.3) is 0 Å². The fourth-order valence-corrected chi connectivity index (χ4v) is 4.18. The van der Waals surface area contributed by atoms with Crippen LogP contribution in [-0.2, 0) is 6.54 Å². The Bertz CT molecular complexity index is 676. The van der Waals surface area contributed by atoms with Crippen molar-refractivity contribution in [3.8, 4) is 5.75 Å². The number of rotatable bonds is 4. The van der Waals surface area contributed by atoms with E-state index in [2.05, 4.69) is 53.1 Å². The van der Waals surface area contributed by atoms with E-state index in [9.17, 15) is 0 Å². The van der Waals surface area contributed by atoms with Gasteiger partial charge in [-0.3, -0.25) is 0 Å². The topological polar surface area (TPSA) is 21.3 Å². The van der Waals surface area contributed by atoms with Gasteiger partial charge in [0, 0.05) is 26.1 Å². The lowest BCUT2D eigenvalue weighted by molar-refractivity contribution is 0.407. The van der Waals surface area contributed by atoms with E-state index in [-0.39, 0.29) is 0 Å². The van der Waals surface area contributed by atoms with Crippen LogP contribution in [0.25, 0.3) is 0 Å². The van der Waals surface area contributed by atoms with Crippen LogP contribution in [0.4, 0.5) is 5.69 Å². The molecule has 0 bridgehead atoms. The quantitative estimate of drug-likeness (QED) is 0.516. The summed E-state index contributed by atoms with van der Waals surface area (Å²) in [5, 5.41) is 4.11. The van der Waals surface area contributed by atoms with E-state index in [1.165, 1.54) is 0 Å². The number of methoxy groups -OCH3 is 1. The summed E-state index contributed by atoms with van der Waals surface area (Å²) in [7, 11) is 1.66. The average Bonchev–Trinajstić information content (AvgIpc) is 2.41. The number of aryl methyl sites for hydroxylation is 1. The number of ether oxygens (including phenoxy) is 1. The average molecular weight is 498 g/mol. The van der Waals surface area contributed by atoms with Gasteiger partial charge < -0.3 is 10.1 Å². The lowest BCUT2D eigenvalue weighted by Crippen LogP contribution is -2.03. The third kappa shape index (κ3) is 4.15. The first-order valence-corrected chi connectivity index (χ1v) is 8.89. The molecule has 0 radical (unpaired) electrons. The smallest absolute Gasteiger partial charge is 0.138 e. The fourth-order valence-electron chi connectivity index (χ4n) is 1.95. The Labute approximate surface area is 154 Å². The zero-order chi connectivity index (χ0) is 15.6. The summed E-state index contributed by atoms with van der Waals surface area (Å²) in [6, 6.07) is 7.90. The summed E-state index contributed by atoms with van der Waals surface area (Å²) in [5.41, 5.74) is 3.03. The maximum Gasteiger partial charge on any atom is 0.138 e. The van der Waals surface area contributed by atoms with Crippen LogP contribution >= 0.6 is 59.4 Å². The van der Waals surface area contributed by atoms with E-state index in [0.29, 0.717) is 6.54 Å². The Morgan fingerprint density at radius 3 is 2.48 bits per heavy atom. The maximum atomic E-state index is 6.18. The molecule has 0 saturated carbocycles. The first kappa shape index (κ1) is 17.1. The van der Waals surface area contributed by atoms with Crippen LogP contribution in [0.15, 0.2) is 37.7 Å². The van der Waals surface area contributed by atoms with Gasteiger partial charge in [0.15, 0.2) is 0 Å². The van der Waals surface area contributed by atoms with E-state index >= 15 is 0 Å². The van der Waals surface area contributed by atoms with Gasteiger partial charge in [-0.05, 0) is 68.6 Å². The molecule has 2 aromatic carbocycles. The number of benzene rings is 2. The summed E-state index contributed by atoms with van der Waals surface area (Å²) in [6.07, 6.45) is 0. The number of hydrogen-bond acceptors (Lipinski definition) is 2. The zero-order valence-corrected chi connectivity index (χ0v) is 17.0. The molecule has 0 atom stereocenters. The predicted molar refractivity (Wildman–Crippen MR) is 99.6 cm³/mol. The molecule has 2 rings (SSSR count). The summed E-state index contributed by atoms with van der Waals surface area (Å²) in [6.45, 7) is 2.60. The highest BCUT2D eigenvalue weighted by Crippen LogP contribution is 2.34. The van der Waals surface area contributed by atoms with Crippen molar-refractivity contribution in [2.75, 3.05) is 12.4 Å². The molecule has 2 aromatic rings. The molecule has 0 aromatic heterocycles. The van der Waals surface area contributed by atoms with Crippen molar-refractivity contribution in [2.45, 2.75) is 13.5 Å². The van der Waals surface area contributed by atoms with Crippen molar-refractivity contribution in [3.63, 3.8) is 0 Å². The predicted octanol–water partition coefficient (Wildman–Crippen LogP) is 6.56. The van der Waals surface area contributed by atoms with E-state index < -0.39 is 0 Å². The molecule has 6 heteroatoms. The monoisotopic (exact) mass is 495 g/mol. The van der Waals surface area contributed by atoms with Crippen molar-refractivity contribution >= 4 is 65.1 Å². The Morgan fingerprint density at radius 2 is 1.81 bits per heavy atom. The minimum atomic E-state index is 0.624. The second kappa shape index (κ2) is 7.36. The van der Waals surface area contributed by atoms with E-state index in [1.54, 1.807) is 7.11 Å². The molecule has 0 heterocycles. The second-order valence-electron chi connectivity index (χ2n) is 4.51. The molecule has 112 valence electrons. The number of anilines is 1. The van der Waals surface area contributed by atoms with Crippen LogP contribution in [0.5, 0.6) is 5.75 Å². The Kier molecular flexibility index (Phi) is 6.00. The molecule has 0 fully saturated rings. The lowest BCUT2D eigenvalue weighted by atomic mass is 10.2. The van der Waals surface area contributed by atoms with Crippen LogP contribution in [0.3, 0.4) is 0 Å². The molecule has 2 nitrogen and oxygen atoms in total. The Balaban J connectivity index is 2.26. The third-order valence-electron chi connectivity index (χ3n) is 3.01. The molecule has 1 N–H and O–H groups in total. The highest BCUT2D eigenvalue weighted by atomic mass is 79.9. The van der Waals surface area contributed by atoms with Crippen molar-refractivity contribution in [1.29, 1.82) is 0 Å². The van der Waals surface area contributed by atoms with Crippen molar-refractivity contribution in [3.05, 3.63) is 53.8 Å². The van der Waals surface area contributed by atoms with Crippen molar-refractivity contribution < 1.29 is 4.74 Å². The number of halogens is 4. The van der Waals surface area contributed by atoms with E-state index in [0.717, 1.165) is 41.0 Å². The summed E-state index contributed by atoms with van der Waals surface area (Å²) in [5.74, 6) is 0.819. The van der Waals surface area contributed by atoms with Crippen LogP contribution < -0.4 is 10.1 Å². The van der Waals surface area contributed by atoms with Gasteiger partial charge in [0.05, 0.1) is 17.3 Å². The highest BCUT2D eigenvalue weighted by Gasteiger charge is 2.10. The Morgan fingerprint density at radius 1 is 1.10 bits per heavy atom. The molecule has 0 aliphatic heterocycles. The molecule has 0 aliphatic carbocycles. The van der Waals surface area contributed by atoms with Gasteiger partial charge in [-0.2, -0.15) is 0 Å². The molecular weight excluding hydrogens is 485 g/mol. The van der Waals surface area contributed by atoms with Crippen molar-refractivity contribution in [2.24, 2.45) is 0 Å². The normalized spacial score (nSPS) is 10.6. The first-order valence-electron chi connectivity index (χ1n) is 6.13. The van der Waals surface area contributed by atoms with E-state index in [4.69, 9.17) is 16.3 Å². The Hall–Kier alpha value is -0.230. The van der Waals surface area contributed by atoms with Crippen LogP contribution in [0.2, 0.25) is 5.02 Å². The van der Waals surface area contributed by atoms with Gasteiger partial charge in [-0.25, -0.2) is 0 Å². The standard InChI is InChI=1S/C15H13Br3ClNO/c1-8-3-11(17)14(6-13(8)19)20-7-9-4-10(16)5-12(18)15(9)21-2/h3-6,20H,7H2,1-2H3. The molecule has 0 amide bonds. The SMILES string of the molecule is COc1c(Br)cc(Br)cc1CNc1cc(Cl)c(C)cc1Br. The highest BCUT2D eigenvalue weighted by molar-refractivity contribution is 9.11. The summed E-state index contributed by atoms with van der Waals surface area (Å²) in [4.78, 5) is 0. The van der Waals surface area contributed by atoms with Crippen LogP contribution in [-0.4, -0.2) is 7.11 Å². The molecular formula is C15H13Br3ClNO. The molecule has 21 heavy (non-hydrogen) atoms. The van der Waals surface area contributed by atoms with Gasteiger partial charge in [-0.1, -0.05) is 27.5 Å². The van der Waals surface area contributed by atoms with Crippen molar-refractivity contribution in [1.82, 2.24) is 0 Å². The maximum absolute atomic E-state index is 6.18. The number of nitrogens with one attached hydrogen (secondary N) is 1. The summed E-state index contributed by atoms with van der Waals surface area (Å²) >= 11 is 16.7. The third-order valence-corrected chi connectivity index (χ3v) is 5.12. The largest absolute Gasteiger partial charge is 0.495 e.